The Labute approximate surface area is 75.5 Å². The molecule has 2 rings (SSSR count). The van der Waals surface area contributed by atoms with Gasteiger partial charge in [-0.25, -0.2) is 0 Å². The summed E-state index contributed by atoms with van der Waals surface area (Å²) in [7, 11) is 0. The SMILES string of the molecule is CCO[C@@H](C)C1[C@H]2CCCC[C@@H]12. The molecule has 2 aliphatic rings. The van der Waals surface area contributed by atoms with E-state index in [-0.39, 0.29) is 0 Å². The zero-order valence-corrected chi connectivity index (χ0v) is 8.25. The standard InChI is InChI=1S/C11H20O/c1-3-12-8(2)11-9-6-4-5-7-10(9)11/h8-11H,3-7H2,1-2H3/t8-,9-,10+,11?/m0/s1. The Bertz CT molecular complexity index is 143. The van der Waals surface area contributed by atoms with Crippen LogP contribution in [0.2, 0.25) is 0 Å². The number of hydrogen-bond donors (Lipinski definition) is 0. The molecule has 70 valence electrons. The molecule has 0 radical (unpaired) electrons. The van der Waals surface area contributed by atoms with Crippen LogP contribution in [0.5, 0.6) is 0 Å². The first-order valence-electron chi connectivity index (χ1n) is 5.46. The average Bonchev–Trinajstić information content (AvgIpc) is 2.78. The molecule has 0 N–H and O–H groups in total. The summed E-state index contributed by atoms with van der Waals surface area (Å²) in [5, 5.41) is 0. The molecule has 0 aliphatic heterocycles. The molecule has 1 nitrogen and oxygen atoms in total. The summed E-state index contributed by atoms with van der Waals surface area (Å²) in [5.41, 5.74) is 0. The zero-order chi connectivity index (χ0) is 8.55. The third-order valence-corrected chi connectivity index (χ3v) is 3.69. The summed E-state index contributed by atoms with van der Waals surface area (Å²) < 4.78 is 5.66. The fourth-order valence-electron chi connectivity index (χ4n) is 3.12. The minimum Gasteiger partial charge on any atom is -0.378 e. The Morgan fingerprint density at radius 1 is 1.25 bits per heavy atom. The maximum Gasteiger partial charge on any atom is 0.0580 e. The number of fused-ring (bicyclic) bond motifs is 1. The summed E-state index contributed by atoms with van der Waals surface area (Å²) in [6, 6.07) is 0. The van der Waals surface area contributed by atoms with Crippen LogP contribution in [0, 0.1) is 17.8 Å². The van der Waals surface area contributed by atoms with Crippen molar-refractivity contribution in [1.82, 2.24) is 0 Å². The van der Waals surface area contributed by atoms with E-state index >= 15 is 0 Å². The van der Waals surface area contributed by atoms with E-state index in [9.17, 15) is 0 Å². The smallest absolute Gasteiger partial charge is 0.0580 e. The van der Waals surface area contributed by atoms with Crippen LogP contribution in [-0.2, 0) is 4.74 Å². The van der Waals surface area contributed by atoms with Crippen LogP contribution in [0.4, 0.5) is 0 Å². The number of ether oxygens (including phenoxy) is 1. The Kier molecular flexibility index (Phi) is 2.40. The van der Waals surface area contributed by atoms with Gasteiger partial charge in [0.1, 0.15) is 0 Å². The van der Waals surface area contributed by atoms with Crippen molar-refractivity contribution < 1.29 is 4.74 Å². The van der Waals surface area contributed by atoms with Crippen molar-refractivity contribution in [1.29, 1.82) is 0 Å². The quantitative estimate of drug-likeness (QED) is 0.629. The van der Waals surface area contributed by atoms with Crippen LogP contribution in [-0.4, -0.2) is 12.7 Å². The van der Waals surface area contributed by atoms with E-state index in [4.69, 9.17) is 4.74 Å². The van der Waals surface area contributed by atoms with Crippen LogP contribution in [0.3, 0.4) is 0 Å². The van der Waals surface area contributed by atoms with Gasteiger partial charge in [0.05, 0.1) is 6.10 Å². The zero-order valence-electron chi connectivity index (χ0n) is 8.25. The normalized spacial score (nSPS) is 42.0. The average molecular weight is 168 g/mol. The van der Waals surface area contributed by atoms with Gasteiger partial charge in [0.15, 0.2) is 0 Å². The van der Waals surface area contributed by atoms with Gasteiger partial charge < -0.3 is 4.74 Å². The topological polar surface area (TPSA) is 9.23 Å². The van der Waals surface area contributed by atoms with Gasteiger partial charge in [0.2, 0.25) is 0 Å². The molecule has 1 unspecified atom stereocenters. The van der Waals surface area contributed by atoms with Crippen LogP contribution < -0.4 is 0 Å². The van der Waals surface area contributed by atoms with Crippen LogP contribution in [0.25, 0.3) is 0 Å². The van der Waals surface area contributed by atoms with Gasteiger partial charge in [0, 0.05) is 6.61 Å². The van der Waals surface area contributed by atoms with E-state index in [0.717, 1.165) is 24.4 Å². The molecule has 0 aromatic carbocycles. The summed E-state index contributed by atoms with van der Waals surface area (Å²) >= 11 is 0. The molecule has 0 aromatic heterocycles. The fourth-order valence-corrected chi connectivity index (χ4v) is 3.12. The summed E-state index contributed by atoms with van der Waals surface area (Å²) in [6.07, 6.45) is 6.43. The van der Waals surface area contributed by atoms with Crippen molar-refractivity contribution in [3.63, 3.8) is 0 Å². The van der Waals surface area contributed by atoms with Gasteiger partial charge in [-0.1, -0.05) is 12.8 Å². The third kappa shape index (κ3) is 1.39. The minimum atomic E-state index is 0.531. The Hall–Kier alpha value is -0.0400. The summed E-state index contributed by atoms with van der Waals surface area (Å²) in [5.74, 6) is 3.01. The molecule has 1 heteroatoms. The van der Waals surface area contributed by atoms with Crippen molar-refractivity contribution in [3.05, 3.63) is 0 Å². The van der Waals surface area contributed by atoms with Crippen LogP contribution >= 0.6 is 0 Å². The second-order valence-electron chi connectivity index (χ2n) is 4.35. The summed E-state index contributed by atoms with van der Waals surface area (Å²) in [4.78, 5) is 0. The minimum absolute atomic E-state index is 0.531. The van der Waals surface area contributed by atoms with Gasteiger partial charge in [-0.3, -0.25) is 0 Å². The second kappa shape index (κ2) is 3.37. The fraction of sp³-hybridized carbons (Fsp3) is 1.00. The molecular weight excluding hydrogens is 148 g/mol. The van der Waals surface area contributed by atoms with E-state index < -0.39 is 0 Å². The predicted molar refractivity (Wildman–Crippen MR) is 50.0 cm³/mol. The largest absolute Gasteiger partial charge is 0.378 e. The third-order valence-electron chi connectivity index (χ3n) is 3.69. The lowest BCUT2D eigenvalue weighted by molar-refractivity contribution is 0.0541. The van der Waals surface area contributed by atoms with Crippen LogP contribution in [0.15, 0.2) is 0 Å². The first kappa shape index (κ1) is 8.55. The molecule has 2 saturated carbocycles. The van der Waals surface area contributed by atoms with E-state index in [2.05, 4.69) is 13.8 Å². The molecule has 0 saturated heterocycles. The maximum atomic E-state index is 5.66. The molecule has 0 bridgehead atoms. The van der Waals surface area contributed by atoms with Crippen molar-refractivity contribution in [2.24, 2.45) is 17.8 Å². The molecule has 4 atom stereocenters. The van der Waals surface area contributed by atoms with Gasteiger partial charge in [-0.05, 0) is 44.4 Å². The molecule has 2 fully saturated rings. The van der Waals surface area contributed by atoms with Crippen LogP contribution in [0.1, 0.15) is 39.5 Å². The Balaban J connectivity index is 1.83. The predicted octanol–water partition coefficient (Wildman–Crippen LogP) is 2.85. The van der Waals surface area contributed by atoms with Crippen molar-refractivity contribution >= 4 is 0 Å². The first-order valence-corrected chi connectivity index (χ1v) is 5.46. The highest BCUT2D eigenvalue weighted by atomic mass is 16.5. The highest BCUT2D eigenvalue weighted by Gasteiger charge is 2.53. The molecule has 0 amide bonds. The van der Waals surface area contributed by atoms with E-state index in [0.29, 0.717) is 6.10 Å². The van der Waals surface area contributed by atoms with E-state index in [1.165, 1.54) is 25.7 Å². The first-order chi connectivity index (χ1) is 5.84. The Morgan fingerprint density at radius 2 is 1.83 bits per heavy atom. The summed E-state index contributed by atoms with van der Waals surface area (Å²) in [6.45, 7) is 5.24. The maximum absolute atomic E-state index is 5.66. The molecule has 12 heavy (non-hydrogen) atoms. The van der Waals surface area contributed by atoms with E-state index in [1.54, 1.807) is 0 Å². The van der Waals surface area contributed by atoms with E-state index in [1.807, 2.05) is 0 Å². The highest BCUT2D eigenvalue weighted by molar-refractivity contribution is 5.01. The lowest BCUT2D eigenvalue weighted by Crippen LogP contribution is -2.12. The number of rotatable bonds is 3. The second-order valence-corrected chi connectivity index (χ2v) is 4.35. The van der Waals surface area contributed by atoms with Gasteiger partial charge in [-0.2, -0.15) is 0 Å². The van der Waals surface area contributed by atoms with Crippen molar-refractivity contribution in [3.8, 4) is 0 Å². The monoisotopic (exact) mass is 168 g/mol. The molecular formula is C11H20O. The van der Waals surface area contributed by atoms with Gasteiger partial charge in [-0.15, -0.1) is 0 Å². The molecule has 2 aliphatic carbocycles. The molecule has 0 heterocycles. The van der Waals surface area contributed by atoms with Crippen molar-refractivity contribution in [2.45, 2.75) is 45.6 Å². The number of hydrogen-bond acceptors (Lipinski definition) is 1. The van der Waals surface area contributed by atoms with Crippen molar-refractivity contribution in [2.75, 3.05) is 6.61 Å². The van der Waals surface area contributed by atoms with Gasteiger partial charge in [0.25, 0.3) is 0 Å². The molecule has 0 spiro atoms. The molecule has 0 aromatic rings. The van der Waals surface area contributed by atoms with Gasteiger partial charge >= 0.3 is 0 Å². The lowest BCUT2D eigenvalue weighted by Gasteiger charge is -2.10. The highest BCUT2D eigenvalue weighted by Crippen LogP contribution is 2.57. The Morgan fingerprint density at radius 3 is 2.33 bits per heavy atom. The lowest BCUT2D eigenvalue weighted by atomic mass is 10.0.